The zero-order valence-electron chi connectivity index (χ0n) is 50.2. The molecule has 1 saturated heterocycles. The fourth-order valence-corrected chi connectivity index (χ4v) is 10.5. The van der Waals surface area contributed by atoms with E-state index in [-0.39, 0.29) is 12.5 Å². The van der Waals surface area contributed by atoms with Crippen LogP contribution in [0.1, 0.15) is 309 Å². The van der Waals surface area contributed by atoms with E-state index in [1.165, 1.54) is 212 Å². The Kier molecular flexibility index (Phi) is 54.1. The Morgan fingerprint density at radius 3 is 1.19 bits per heavy atom. The van der Waals surface area contributed by atoms with Crippen LogP contribution >= 0.6 is 0 Å². The standard InChI is InChI=1S/C68H125NO8/c1-3-5-7-9-11-13-15-17-19-21-23-25-27-29-31-33-35-37-39-41-43-45-47-49-51-53-55-57-62(71)61(60-76-68-67(75)66(74)65(73)63(59-70)77-68)69-64(72)58-56-54-52-50-48-46-44-42-40-38-36-34-32-30-28-26-24-22-20-18-16-14-12-10-8-6-4-2/h6,8,12,14,18,20,24,26,30,32,61-63,65-68,70-71,73-75H,3-5,7,9-11,13,15-17,19,21-23,25,27-29,31,33-60H2,1-2H3,(H,69,72)/b8-6-,14-12-,20-18-,26-24-,32-30-. The van der Waals surface area contributed by atoms with Crippen LogP contribution in [0.2, 0.25) is 0 Å². The van der Waals surface area contributed by atoms with Gasteiger partial charge in [0.25, 0.3) is 0 Å². The van der Waals surface area contributed by atoms with Crippen molar-refractivity contribution >= 4 is 5.91 Å². The molecular formula is C68H125NO8. The number of rotatable bonds is 57. The van der Waals surface area contributed by atoms with Gasteiger partial charge in [-0.25, -0.2) is 0 Å². The molecule has 77 heavy (non-hydrogen) atoms. The number of amides is 1. The molecule has 1 aliphatic heterocycles. The third kappa shape index (κ3) is 46.2. The van der Waals surface area contributed by atoms with Crippen molar-refractivity contribution in [2.75, 3.05) is 13.2 Å². The zero-order chi connectivity index (χ0) is 55.8. The maximum Gasteiger partial charge on any atom is 0.220 e. The van der Waals surface area contributed by atoms with Crippen molar-refractivity contribution in [2.24, 2.45) is 0 Å². The van der Waals surface area contributed by atoms with E-state index in [0.717, 1.165) is 70.6 Å². The molecule has 0 radical (unpaired) electrons. The van der Waals surface area contributed by atoms with Crippen molar-refractivity contribution in [3.05, 3.63) is 60.8 Å². The first kappa shape index (κ1) is 72.9. The van der Waals surface area contributed by atoms with Gasteiger partial charge in [-0.05, 0) is 57.8 Å². The Bertz CT molecular complexity index is 1400. The second-order valence-corrected chi connectivity index (χ2v) is 22.9. The summed E-state index contributed by atoms with van der Waals surface area (Å²) in [5.41, 5.74) is 0. The molecule has 7 atom stereocenters. The first-order valence-electron chi connectivity index (χ1n) is 33.0. The van der Waals surface area contributed by atoms with E-state index in [1.54, 1.807) is 0 Å². The van der Waals surface area contributed by atoms with E-state index in [1.807, 2.05) is 0 Å². The van der Waals surface area contributed by atoms with Gasteiger partial charge in [0.15, 0.2) is 6.29 Å². The van der Waals surface area contributed by atoms with Crippen molar-refractivity contribution < 1.29 is 39.8 Å². The summed E-state index contributed by atoms with van der Waals surface area (Å²) >= 11 is 0. The van der Waals surface area contributed by atoms with Crippen LogP contribution in [-0.4, -0.2) is 87.5 Å². The Hall–Kier alpha value is -2.11. The van der Waals surface area contributed by atoms with Gasteiger partial charge in [0.1, 0.15) is 24.4 Å². The quantitative estimate of drug-likeness (QED) is 0.0261. The summed E-state index contributed by atoms with van der Waals surface area (Å²) in [6, 6.07) is -0.725. The lowest BCUT2D eigenvalue weighted by molar-refractivity contribution is -0.302. The van der Waals surface area contributed by atoms with Crippen molar-refractivity contribution in [1.29, 1.82) is 0 Å². The van der Waals surface area contributed by atoms with E-state index < -0.39 is 49.5 Å². The van der Waals surface area contributed by atoms with Crippen LogP contribution in [0, 0.1) is 0 Å². The van der Waals surface area contributed by atoms with Crippen molar-refractivity contribution in [3.8, 4) is 0 Å². The Morgan fingerprint density at radius 1 is 0.455 bits per heavy atom. The summed E-state index contributed by atoms with van der Waals surface area (Å²) in [6.07, 6.45) is 71.2. The minimum absolute atomic E-state index is 0.139. The molecule has 1 amide bonds. The van der Waals surface area contributed by atoms with Crippen LogP contribution in [0.4, 0.5) is 0 Å². The average Bonchev–Trinajstić information content (AvgIpc) is 3.43. The summed E-state index contributed by atoms with van der Waals surface area (Å²) in [4.78, 5) is 13.1. The second-order valence-electron chi connectivity index (χ2n) is 22.9. The number of ether oxygens (including phenoxy) is 2. The molecule has 6 N–H and O–H groups in total. The van der Waals surface area contributed by atoms with E-state index in [9.17, 15) is 30.3 Å². The maximum absolute atomic E-state index is 13.1. The monoisotopic (exact) mass is 1080 g/mol. The number of aliphatic hydroxyl groups is 5. The second kappa shape index (κ2) is 57.1. The number of hydrogen-bond donors (Lipinski definition) is 6. The lowest BCUT2D eigenvalue weighted by Gasteiger charge is -2.40. The van der Waals surface area contributed by atoms with Gasteiger partial charge in [0.05, 0.1) is 25.4 Å². The van der Waals surface area contributed by atoms with Crippen molar-refractivity contribution in [2.45, 2.75) is 352 Å². The molecule has 9 heteroatoms. The van der Waals surface area contributed by atoms with Gasteiger partial charge in [-0.3, -0.25) is 4.79 Å². The predicted molar refractivity (Wildman–Crippen MR) is 327 cm³/mol. The van der Waals surface area contributed by atoms with E-state index in [2.05, 4.69) is 79.9 Å². The van der Waals surface area contributed by atoms with Gasteiger partial charge in [0.2, 0.25) is 5.91 Å². The molecule has 1 heterocycles. The lowest BCUT2D eigenvalue weighted by Crippen LogP contribution is -2.60. The van der Waals surface area contributed by atoms with Crippen molar-refractivity contribution in [3.63, 3.8) is 0 Å². The Labute approximate surface area is 475 Å². The van der Waals surface area contributed by atoms with Crippen LogP contribution in [-0.2, 0) is 14.3 Å². The Balaban J connectivity index is 2.15. The van der Waals surface area contributed by atoms with Gasteiger partial charge in [-0.15, -0.1) is 0 Å². The Morgan fingerprint density at radius 2 is 0.805 bits per heavy atom. The molecule has 1 rings (SSSR count). The third-order valence-corrected chi connectivity index (χ3v) is 15.6. The highest BCUT2D eigenvalue weighted by molar-refractivity contribution is 5.76. The van der Waals surface area contributed by atoms with Crippen LogP contribution in [0.15, 0.2) is 60.8 Å². The topological polar surface area (TPSA) is 149 Å². The summed E-state index contributed by atoms with van der Waals surface area (Å²) in [7, 11) is 0. The molecule has 7 unspecified atom stereocenters. The molecule has 0 saturated carbocycles. The molecule has 0 spiro atoms. The summed E-state index contributed by atoms with van der Waals surface area (Å²) in [5, 5.41) is 54.9. The first-order chi connectivity index (χ1) is 37.8. The minimum Gasteiger partial charge on any atom is -0.394 e. The average molecular weight is 1080 g/mol. The first-order valence-corrected chi connectivity index (χ1v) is 33.0. The molecule has 0 aromatic rings. The molecule has 0 aromatic carbocycles. The summed E-state index contributed by atoms with van der Waals surface area (Å²) in [5.74, 6) is -0.145. The van der Waals surface area contributed by atoms with E-state index >= 15 is 0 Å². The number of carbonyl (C=O) groups excluding carboxylic acids is 1. The lowest BCUT2D eigenvalue weighted by atomic mass is 9.99. The third-order valence-electron chi connectivity index (χ3n) is 15.6. The summed E-state index contributed by atoms with van der Waals surface area (Å²) in [6.45, 7) is 3.76. The molecule has 450 valence electrons. The number of allylic oxidation sites excluding steroid dienone is 10. The van der Waals surface area contributed by atoms with E-state index in [4.69, 9.17) is 9.47 Å². The zero-order valence-corrected chi connectivity index (χ0v) is 50.2. The van der Waals surface area contributed by atoms with Crippen LogP contribution in [0.25, 0.3) is 0 Å². The smallest absolute Gasteiger partial charge is 0.220 e. The molecule has 0 aliphatic carbocycles. The number of hydrogen-bond acceptors (Lipinski definition) is 8. The van der Waals surface area contributed by atoms with E-state index in [0.29, 0.717) is 12.8 Å². The molecule has 0 bridgehead atoms. The fraction of sp³-hybridized carbons (Fsp3) is 0.838. The normalized spacial score (nSPS) is 19.1. The summed E-state index contributed by atoms with van der Waals surface area (Å²) < 4.78 is 11.4. The minimum atomic E-state index is -1.56. The van der Waals surface area contributed by atoms with Gasteiger partial charge in [-0.2, -0.15) is 0 Å². The van der Waals surface area contributed by atoms with Gasteiger partial charge >= 0.3 is 0 Å². The highest BCUT2D eigenvalue weighted by Crippen LogP contribution is 2.23. The van der Waals surface area contributed by atoms with Crippen LogP contribution in [0.5, 0.6) is 0 Å². The molecule has 0 aromatic heterocycles. The van der Waals surface area contributed by atoms with Crippen LogP contribution < -0.4 is 5.32 Å². The molecule has 9 nitrogen and oxygen atoms in total. The molecular weight excluding hydrogens is 959 g/mol. The predicted octanol–water partition coefficient (Wildman–Crippen LogP) is 17.4. The highest BCUT2D eigenvalue weighted by Gasteiger charge is 2.44. The number of unbranched alkanes of at least 4 members (excludes halogenated alkanes) is 37. The molecule has 1 fully saturated rings. The maximum atomic E-state index is 13.1. The largest absolute Gasteiger partial charge is 0.394 e. The number of carbonyl (C=O) groups is 1. The number of aliphatic hydroxyl groups excluding tert-OH is 5. The highest BCUT2D eigenvalue weighted by atomic mass is 16.7. The fourth-order valence-electron chi connectivity index (χ4n) is 10.5. The number of nitrogens with one attached hydrogen (secondary N) is 1. The van der Waals surface area contributed by atoms with Crippen LogP contribution in [0.3, 0.4) is 0 Å². The molecule has 1 aliphatic rings. The SMILES string of the molecule is CC/C=C\C/C=C\C/C=C\C/C=C\C/C=C\CCCCCCCCCCCCCC(=O)NC(COC1OC(CO)C(O)C(O)C1O)C(O)CCCCCCCCCCCCCCCCCCCCCCCCCCCCC. The van der Waals surface area contributed by atoms with Crippen molar-refractivity contribution in [1.82, 2.24) is 5.32 Å². The van der Waals surface area contributed by atoms with Gasteiger partial charge in [-0.1, -0.05) is 306 Å². The van der Waals surface area contributed by atoms with Gasteiger partial charge < -0.3 is 40.3 Å². The van der Waals surface area contributed by atoms with Gasteiger partial charge in [0, 0.05) is 6.42 Å².